The van der Waals surface area contributed by atoms with Crippen LogP contribution in [0, 0.1) is 0 Å². The predicted octanol–water partition coefficient (Wildman–Crippen LogP) is 3.06. The Morgan fingerprint density at radius 1 is 1.07 bits per heavy atom. The smallest absolute Gasteiger partial charge is 0.348 e. The molecule has 1 heterocycles. The molecule has 1 aromatic carbocycles. The lowest BCUT2D eigenvalue weighted by molar-refractivity contribution is -0.141. The Labute approximate surface area is 161 Å². The predicted molar refractivity (Wildman–Crippen MR) is 97.0 cm³/mol. The average molecular weight is 415 g/mol. The zero-order chi connectivity index (χ0) is 20.9. The number of benzene rings is 1. The van der Waals surface area contributed by atoms with Crippen molar-refractivity contribution in [2.24, 2.45) is 0 Å². The zero-order valence-electron chi connectivity index (χ0n) is 15.3. The summed E-state index contributed by atoms with van der Waals surface area (Å²) in [6.07, 6.45) is -3.71. The molecule has 0 saturated carbocycles. The Balaban J connectivity index is 2.02. The van der Waals surface area contributed by atoms with Crippen molar-refractivity contribution in [3.63, 3.8) is 0 Å². The first-order chi connectivity index (χ1) is 13.1. The fourth-order valence-corrected chi connectivity index (χ4v) is 3.93. The molecule has 0 bridgehead atoms. The lowest BCUT2D eigenvalue weighted by Crippen LogP contribution is -2.30. The lowest BCUT2D eigenvalue weighted by Gasteiger charge is -2.18. The van der Waals surface area contributed by atoms with E-state index in [1.807, 2.05) is 0 Å². The van der Waals surface area contributed by atoms with Gasteiger partial charge in [0.25, 0.3) is 5.91 Å². The maximum Gasteiger partial charge on any atom is 0.433 e. The fourth-order valence-electron chi connectivity index (χ4n) is 2.47. The SMILES string of the molecule is CCN(CC)S(=O)(=O)c1ccc(CNC(=O)c2ccc(C(F)(F)F)nc2)cc1. The van der Waals surface area contributed by atoms with Crippen molar-refractivity contribution in [2.75, 3.05) is 13.1 Å². The Morgan fingerprint density at radius 3 is 2.14 bits per heavy atom. The normalized spacial score (nSPS) is 12.2. The number of halogens is 3. The van der Waals surface area contributed by atoms with E-state index in [-0.39, 0.29) is 17.0 Å². The maximum absolute atomic E-state index is 12.5. The Hall–Kier alpha value is -2.46. The second-order valence-electron chi connectivity index (χ2n) is 5.85. The fraction of sp³-hybridized carbons (Fsp3) is 0.333. The Kier molecular flexibility index (Phi) is 6.78. The second-order valence-corrected chi connectivity index (χ2v) is 7.78. The van der Waals surface area contributed by atoms with Gasteiger partial charge < -0.3 is 5.32 Å². The van der Waals surface area contributed by atoms with Crippen molar-refractivity contribution in [1.29, 1.82) is 0 Å². The molecule has 10 heteroatoms. The average Bonchev–Trinajstić information content (AvgIpc) is 2.66. The lowest BCUT2D eigenvalue weighted by atomic mass is 10.2. The largest absolute Gasteiger partial charge is 0.433 e. The summed E-state index contributed by atoms with van der Waals surface area (Å²) < 4.78 is 63.7. The Bertz CT molecular complexity index is 908. The number of alkyl halides is 3. The van der Waals surface area contributed by atoms with E-state index in [0.717, 1.165) is 18.3 Å². The van der Waals surface area contributed by atoms with Gasteiger partial charge in [-0.25, -0.2) is 8.42 Å². The molecule has 6 nitrogen and oxygen atoms in total. The number of sulfonamides is 1. The van der Waals surface area contributed by atoms with Crippen LogP contribution in [0.1, 0.15) is 35.5 Å². The third-order valence-corrected chi connectivity index (χ3v) is 6.10. The molecule has 0 unspecified atom stereocenters. The van der Waals surface area contributed by atoms with Crippen molar-refractivity contribution in [3.05, 3.63) is 59.4 Å². The molecule has 1 aromatic heterocycles. The summed E-state index contributed by atoms with van der Waals surface area (Å²) in [4.78, 5) is 15.4. The van der Waals surface area contributed by atoms with Gasteiger partial charge in [-0.15, -0.1) is 0 Å². The van der Waals surface area contributed by atoms with Gasteiger partial charge >= 0.3 is 6.18 Å². The molecule has 0 spiro atoms. The van der Waals surface area contributed by atoms with Gasteiger partial charge in [-0.05, 0) is 29.8 Å². The van der Waals surface area contributed by atoms with Crippen molar-refractivity contribution < 1.29 is 26.4 Å². The minimum Gasteiger partial charge on any atom is -0.348 e. The summed E-state index contributed by atoms with van der Waals surface area (Å²) in [5.74, 6) is -0.582. The monoisotopic (exact) mass is 415 g/mol. The van der Waals surface area contributed by atoms with Crippen LogP contribution in [0.4, 0.5) is 13.2 Å². The van der Waals surface area contributed by atoms with E-state index in [2.05, 4.69) is 10.3 Å². The summed E-state index contributed by atoms with van der Waals surface area (Å²) in [6, 6.07) is 7.83. The molecule has 28 heavy (non-hydrogen) atoms. The van der Waals surface area contributed by atoms with Crippen molar-refractivity contribution in [1.82, 2.24) is 14.6 Å². The molecule has 2 aromatic rings. The maximum atomic E-state index is 12.5. The standard InChI is InChI=1S/C18H20F3N3O3S/c1-3-24(4-2)28(26,27)15-8-5-13(6-9-15)11-23-17(25)14-7-10-16(22-12-14)18(19,20)21/h5-10,12H,3-4,11H2,1-2H3,(H,23,25). The van der Waals surface area contributed by atoms with Crippen LogP contribution in [0.25, 0.3) is 0 Å². The van der Waals surface area contributed by atoms with Gasteiger partial charge in [0.1, 0.15) is 5.69 Å². The quantitative estimate of drug-likeness (QED) is 0.754. The van der Waals surface area contributed by atoms with Crippen molar-refractivity contribution in [2.45, 2.75) is 31.5 Å². The summed E-state index contributed by atoms with van der Waals surface area (Å²) >= 11 is 0. The topological polar surface area (TPSA) is 79.4 Å². The van der Waals surface area contributed by atoms with Gasteiger partial charge in [0.2, 0.25) is 10.0 Å². The highest BCUT2D eigenvalue weighted by Gasteiger charge is 2.32. The van der Waals surface area contributed by atoms with E-state index in [0.29, 0.717) is 18.7 Å². The molecular weight excluding hydrogens is 395 g/mol. The number of hydrogen-bond acceptors (Lipinski definition) is 4. The van der Waals surface area contributed by atoms with Crippen LogP contribution in [-0.2, 0) is 22.7 Å². The van der Waals surface area contributed by atoms with Gasteiger partial charge in [-0.1, -0.05) is 26.0 Å². The number of hydrogen-bond donors (Lipinski definition) is 1. The summed E-state index contributed by atoms with van der Waals surface area (Å²) in [5.41, 5.74) is -0.436. The third kappa shape index (κ3) is 5.08. The third-order valence-electron chi connectivity index (χ3n) is 4.04. The number of nitrogens with zero attached hydrogens (tertiary/aromatic N) is 2. The molecule has 0 fully saturated rings. The van der Waals surface area contributed by atoms with Gasteiger partial charge in [-0.3, -0.25) is 9.78 Å². The first kappa shape index (κ1) is 21.8. The summed E-state index contributed by atoms with van der Waals surface area (Å²) in [7, 11) is -3.56. The van der Waals surface area contributed by atoms with Gasteiger partial charge in [0, 0.05) is 25.8 Å². The molecule has 0 aliphatic heterocycles. The van der Waals surface area contributed by atoms with Gasteiger partial charge in [0.05, 0.1) is 10.5 Å². The van der Waals surface area contributed by atoms with Crippen LogP contribution < -0.4 is 5.32 Å². The van der Waals surface area contributed by atoms with Gasteiger partial charge in [-0.2, -0.15) is 17.5 Å². The molecule has 1 amide bonds. The highest BCUT2D eigenvalue weighted by molar-refractivity contribution is 7.89. The van der Waals surface area contributed by atoms with Crippen LogP contribution in [0.15, 0.2) is 47.5 Å². The van der Waals surface area contributed by atoms with Crippen LogP contribution in [-0.4, -0.2) is 36.7 Å². The highest BCUT2D eigenvalue weighted by Crippen LogP contribution is 2.27. The molecule has 152 valence electrons. The van der Waals surface area contributed by atoms with E-state index in [4.69, 9.17) is 0 Å². The van der Waals surface area contributed by atoms with Crippen molar-refractivity contribution >= 4 is 15.9 Å². The first-order valence-corrected chi connectivity index (χ1v) is 9.94. The number of carbonyl (C=O) groups is 1. The van der Waals surface area contributed by atoms with Crippen molar-refractivity contribution in [3.8, 4) is 0 Å². The molecule has 2 rings (SSSR count). The summed E-state index contributed by atoms with van der Waals surface area (Å²) in [5, 5.41) is 2.56. The second kappa shape index (κ2) is 8.70. The number of rotatable bonds is 7. The van der Waals surface area contributed by atoms with E-state index in [1.54, 1.807) is 26.0 Å². The number of aromatic nitrogens is 1. The van der Waals surface area contributed by atoms with E-state index >= 15 is 0 Å². The minimum atomic E-state index is -4.57. The van der Waals surface area contributed by atoms with Crippen LogP contribution in [0.5, 0.6) is 0 Å². The van der Waals surface area contributed by atoms with Crippen LogP contribution in [0.3, 0.4) is 0 Å². The first-order valence-electron chi connectivity index (χ1n) is 8.50. The van der Waals surface area contributed by atoms with Gasteiger partial charge in [0.15, 0.2) is 0 Å². The molecule has 0 aliphatic carbocycles. The number of carbonyl (C=O) groups excluding carboxylic acids is 1. The number of amides is 1. The number of pyridine rings is 1. The minimum absolute atomic E-state index is 0.00580. The highest BCUT2D eigenvalue weighted by atomic mass is 32.2. The molecule has 0 radical (unpaired) electrons. The van der Waals surface area contributed by atoms with Crippen LogP contribution >= 0.6 is 0 Å². The molecule has 0 saturated heterocycles. The Morgan fingerprint density at radius 2 is 1.68 bits per heavy atom. The van der Waals surface area contributed by atoms with E-state index in [1.165, 1.54) is 16.4 Å². The zero-order valence-corrected chi connectivity index (χ0v) is 16.1. The number of nitrogens with one attached hydrogen (secondary N) is 1. The van der Waals surface area contributed by atoms with E-state index < -0.39 is 27.8 Å². The molecular formula is C18H20F3N3O3S. The van der Waals surface area contributed by atoms with E-state index in [9.17, 15) is 26.4 Å². The van der Waals surface area contributed by atoms with Crippen LogP contribution in [0.2, 0.25) is 0 Å². The molecule has 0 atom stereocenters. The summed E-state index contributed by atoms with van der Waals surface area (Å²) in [6.45, 7) is 4.31. The molecule has 1 N–H and O–H groups in total. The molecule has 0 aliphatic rings.